The second kappa shape index (κ2) is 8.65. The van der Waals surface area contributed by atoms with Crippen molar-refractivity contribution >= 4 is 5.91 Å². The van der Waals surface area contributed by atoms with Crippen LogP contribution in [-0.4, -0.2) is 12.0 Å². The number of rotatable bonds is 7. The average molecular weight is 343 g/mol. The summed E-state index contributed by atoms with van der Waals surface area (Å²) < 4.78 is 18.7. The molecule has 25 heavy (non-hydrogen) atoms. The maximum Gasteiger partial charge on any atom is 0.261 e. The Hall–Kier alpha value is -2.36. The van der Waals surface area contributed by atoms with E-state index in [4.69, 9.17) is 4.74 Å². The minimum absolute atomic E-state index is 0.0565. The van der Waals surface area contributed by atoms with Gasteiger partial charge in [0, 0.05) is 0 Å². The normalized spacial score (nSPS) is 13.2. The molecule has 0 unspecified atom stereocenters. The Kier molecular flexibility index (Phi) is 6.57. The van der Waals surface area contributed by atoms with E-state index in [1.165, 1.54) is 35.4 Å². The average Bonchev–Trinajstić information content (AvgIpc) is 2.59. The van der Waals surface area contributed by atoms with E-state index >= 15 is 0 Å². The molecule has 0 saturated heterocycles. The predicted molar refractivity (Wildman–Crippen MR) is 98.2 cm³/mol. The number of benzene rings is 2. The van der Waals surface area contributed by atoms with Gasteiger partial charge in [0.25, 0.3) is 5.91 Å². The Morgan fingerprint density at radius 2 is 1.76 bits per heavy atom. The number of hydrogen-bond donors (Lipinski definition) is 1. The van der Waals surface area contributed by atoms with Gasteiger partial charge in [-0.1, -0.05) is 37.6 Å². The maximum absolute atomic E-state index is 13.0. The van der Waals surface area contributed by atoms with Gasteiger partial charge >= 0.3 is 0 Å². The summed E-state index contributed by atoms with van der Waals surface area (Å²) in [4.78, 5) is 12.7. The van der Waals surface area contributed by atoms with Gasteiger partial charge in [0.05, 0.1) is 6.04 Å². The van der Waals surface area contributed by atoms with E-state index < -0.39 is 6.10 Å². The highest BCUT2D eigenvalue weighted by atomic mass is 19.1. The van der Waals surface area contributed by atoms with E-state index in [2.05, 4.69) is 37.4 Å². The zero-order chi connectivity index (χ0) is 18.4. The van der Waals surface area contributed by atoms with Crippen molar-refractivity contribution in [1.29, 1.82) is 0 Å². The molecule has 2 rings (SSSR count). The Bertz CT molecular complexity index is 712. The summed E-state index contributed by atoms with van der Waals surface area (Å²) in [6.07, 6.45) is 0.722. The molecular weight excluding hydrogens is 317 g/mol. The minimum atomic E-state index is -0.606. The summed E-state index contributed by atoms with van der Waals surface area (Å²) in [7, 11) is 0. The molecule has 3 nitrogen and oxygen atoms in total. The van der Waals surface area contributed by atoms with Crippen molar-refractivity contribution in [2.24, 2.45) is 0 Å². The molecule has 0 saturated carbocycles. The Morgan fingerprint density at radius 3 is 2.32 bits per heavy atom. The van der Waals surface area contributed by atoms with Crippen molar-refractivity contribution in [3.63, 3.8) is 0 Å². The summed E-state index contributed by atoms with van der Waals surface area (Å²) in [5, 5.41) is 3.09. The van der Waals surface area contributed by atoms with E-state index in [1.54, 1.807) is 0 Å². The fourth-order valence-electron chi connectivity index (χ4n) is 2.88. The Labute approximate surface area is 149 Å². The number of aryl methyl sites for hydroxylation is 2. The van der Waals surface area contributed by atoms with Crippen LogP contribution >= 0.6 is 0 Å². The molecule has 1 amide bonds. The number of amides is 1. The summed E-state index contributed by atoms with van der Waals surface area (Å²) in [6.45, 7) is 8.06. The highest BCUT2D eigenvalue weighted by Crippen LogP contribution is 2.22. The lowest BCUT2D eigenvalue weighted by Crippen LogP contribution is -2.40. The lowest BCUT2D eigenvalue weighted by molar-refractivity contribution is -0.128. The van der Waals surface area contributed by atoms with Gasteiger partial charge in [-0.25, -0.2) is 4.39 Å². The molecular formula is C21H26FNO2. The Balaban J connectivity index is 2.09. The fraction of sp³-hybridized carbons (Fsp3) is 0.381. The van der Waals surface area contributed by atoms with Crippen LogP contribution < -0.4 is 10.1 Å². The van der Waals surface area contributed by atoms with E-state index in [1.807, 2.05) is 13.8 Å². The first kappa shape index (κ1) is 19.0. The standard InChI is InChI=1S/C21H26FNO2/c1-5-19(18-12-7-14(3)13-15(18)4)23-21(24)20(6-2)25-17-10-8-16(22)9-11-17/h7-13,19-20H,5-6H2,1-4H3,(H,23,24)/t19-,20-/m0/s1. The molecule has 0 radical (unpaired) electrons. The summed E-state index contributed by atoms with van der Waals surface area (Å²) >= 11 is 0. The second-order valence-corrected chi connectivity index (χ2v) is 6.30. The maximum atomic E-state index is 13.0. The Morgan fingerprint density at radius 1 is 1.08 bits per heavy atom. The van der Waals surface area contributed by atoms with Crippen molar-refractivity contribution < 1.29 is 13.9 Å². The smallest absolute Gasteiger partial charge is 0.261 e. The van der Waals surface area contributed by atoms with Gasteiger partial charge in [-0.3, -0.25) is 4.79 Å². The topological polar surface area (TPSA) is 38.3 Å². The quantitative estimate of drug-likeness (QED) is 0.779. The molecule has 0 aromatic heterocycles. The highest BCUT2D eigenvalue weighted by Gasteiger charge is 2.22. The summed E-state index contributed by atoms with van der Waals surface area (Å²) in [5.74, 6) is 0.00681. The van der Waals surface area contributed by atoms with Gasteiger partial charge in [-0.05, 0) is 62.1 Å². The van der Waals surface area contributed by atoms with E-state index in [9.17, 15) is 9.18 Å². The lowest BCUT2D eigenvalue weighted by Gasteiger charge is -2.23. The first-order valence-electron chi connectivity index (χ1n) is 8.74. The minimum Gasteiger partial charge on any atom is -0.481 e. The molecule has 0 bridgehead atoms. The number of hydrogen-bond acceptors (Lipinski definition) is 2. The van der Waals surface area contributed by atoms with Crippen LogP contribution in [0.3, 0.4) is 0 Å². The molecule has 0 spiro atoms. The number of carbonyl (C=O) groups is 1. The van der Waals surface area contributed by atoms with Gasteiger partial charge in [0.15, 0.2) is 6.10 Å². The van der Waals surface area contributed by atoms with E-state index in [-0.39, 0.29) is 17.8 Å². The van der Waals surface area contributed by atoms with Crippen LogP contribution in [0, 0.1) is 19.7 Å². The number of nitrogens with one attached hydrogen (secondary N) is 1. The predicted octanol–water partition coefficient (Wildman–Crippen LogP) is 4.87. The first-order valence-corrected chi connectivity index (χ1v) is 8.74. The van der Waals surface area contributed by atoms with Gasteiger partial charge in [0.2, 0.25) is 0 Å². The SMILES string of the molecule is CC[C@H](Oc1ccc(F)cc1)C(=O)N[C@@H](CC)c1ccc(C)cc1C. The monoisotopic (exact) mass is 343 g/mol. The van der Waals surface area contributed by atoms with Crippen LogP contribution in [0.2, 0.25) is 0 Å². The molecule has 2 atom stereocenters. The third kappa shape index (κ3) is 5.05. The van der Waals surface area contributed by atoms with Crippen LogP contribution in [0.25, 0.3) is 0 Å². The lowest BCUT2D eigenvalue weighted by atomic mass is 9.97. The van der Waals surface area contributed by atoms with Gasteiger partial charge in [0.1, 0.15) is 11.6 Å². The van der Waals surface area contributed by atoms with Crippen LogP contribution in [0.15, 0.2) is 42.5 Å². The molecule has 2 aromatic rings. The molecule has 134 valence electrons. The van der Waals surface area contributed by atoms with Crippen molar-refractivity contribution in [3.8, 4) is 5.75 Å². The third-order valence-electron chi connectivity index (χ3n) is 4.28. The highest BCUT2D eigenvalue weighted by molar-refractivity contribution is 5.81. The zero-order valence-electron chi connectivity index (χ0n) is 15.3. The molecule has 0 aliphatic carbocycles. The summed E-state index contributed by atoms with van der Waals surface area (Å²) in [6, 6.07) is 11.9. The largest absolute Gasteiger partial charge is 0.481 e. The van der Waals surface area contributed by atoms with Crippen LogP contribution in [0.5, 0.6) is 5.75 Å². The third-order valence-corrected chi connectivity index (χ3v) is 4.28. The fourth-order valence-corrected chi connectivity index (χ4v) is 2.88. The zero-order valence-corrected chi connectivity index (χ0v) is 15.3. The molecule has 0 fully saturated rings. The molecule has 2 aromatic carbocycles. The van der Waals surface area contributed by atoms with Crippen molar-refractivity contribution in [2.75, 3.05) is 0 Å². The van der Waals surface area contributed by atoms with Crippen LogP contribution in [0.4, 0.5) is 4.39 Å². The number of carbonyl (C=O) groups excluding carboxylic acids is 1. The van der Waals surface area contributed by atoms with E-state index in [0.29, 0.717) is 12.2 Å². The molecule has 1 N–H and O–H groups in total. The van der Waals surface area contributed by atoms with Gasteiger partial charge in [-0.2, -0.15) is 0 Å². The van der Waals surface area contributed by atoms with Gasteiger partial charge < -0.3 is 10.1 Å². The molecule has 0 aliphatic heterocycles. The molecule has 0 aliphatic rings. The van der Waals surface area contributed by atoms with E-state index in [0.717, 1.165) is 12.0 Å². The molecule has 4 heteroatoms. The van der Waals surface area contributed by atoms with Crippen molar-refractivity contribution in [2.45, 2.75) is 52.7 Å². The first-order chi connectivity index (χ1) is 11.9. The van der Waals surface area contributed by atoms with Crippen molar-refractivity contribution in [3.05, 3.63) is 65.0 Å². The van der Waals surface area contributed by atoms with Crippen LogP contribution in [0.1, 0.15) is 49.4 Å². The summed E-state index contributed by atoms with van der Waals surface area (Å²) in [5.41, 5.74) is 3.49. The molecule has 0 heterocycles. The number of ether oxygens (including phenoxy) is 1. The number of halogens is 1. The van der Waals surface area contributed by atoms with Crippen LogP contribution in [-0.2, 0) is 4.79 Å². The second-order valence-electron chi connectivity index (χ2n) is 6.30. The van der Waals surface area contributed by atoms with Crippen molar-refractivity contribution in [1.82, 2.24) is 5.32 Å². The van der Waals surface area contributed by atoms with Gasteiger partial charge in [-0.15, -0.1) is 0 Å².